The van der Waals surface area contributed by atoms with Gasteiger partial charge in [0.1, 0.15) is 5.56 Å². The van der Waals surface area contributed by atoms with Crippen LogP contribution in [-0.2, 0) is 12.8 Å². The number of rotatable bonds is 1. The summed E-state index contributed by atoms with van der Waals surface area (Å²) in [6, 6.07) is 1.83. The van der Waals surface area contributed by atoms with Gasteiger partial charge >= 0.3 is 0 Å². The Balaban J connectivity index is 0.00000161. The predicted octanol–water partition coefficient (Wildman–Crippen LogP) is 1.11. The average Bonchev–Trinajstić information content (AvgIpc) is 2.75. The molecule has 2 heterocycles. The summed E-state index contributed by atoms with van der Waals surface area (Å²) in [4.78, 5) is 29.4. The van der Waals surface area contributed by atoms with Gasteiger partial charge in [-0.1, -0.05) is 0 Å². The van der Waals surface area contributed by atoms with Crippen molar-refractivity contribution in [3.63, 3.8) is 0 Å². The summed E-state index contributed by atoms with van der Waals surface area (Å²) in [6.45, 7) is 3.14. The van der Waals surface area contributed by atoms with Crippen molar-refractivity contribution in [2.75, 3.05) is 26.2 Å². The molecular weight excluding hydrogens is 290 g/mol. The van der Waals surface area contributed by atoms with Gasteiger partial charge in [0, 0.05) is 25.3 Å². The number of carbonyl (C=O) groups is 1. The molecule has 0 saturated carbocycles. The van der Waals surface area contributed by atoms with E-state index in [4.69, 9.17) is 0 Å². The zero-order chi connectivity index (χ0) is 13.9. The monoisotopic (exact) mass is 311 g/mol. The maximum atomic E-state index is 12.5. The number of hydrogen-bond acceptors (Lipinski definition) is 3. The van der Waals surface area contributed by atoms with Gasteiger partial charge in [0.05, 0.1) is 0 Å². The van der Waals surface area contributed by atoms with E-state index in [0.717, 1.165) is 63.0 Å². The molecule has 1 saturated heterocycles. The predicted molar refractivity (Wildman–Crippen MR) is 84.3 cm³/mol. The van der Waals surface area contributed by atoms with Gasteiger partial charge in [-0.2, -0.15) is 0 Å². The quantitative estimate of drug-likeness (QED) is 0.816. The number of hydrogen-bond donors (Lipinski definition) is 2. The Morgan fingerprint density at radius 1 is 1.10 bits per heavy atom. The molecule has 1 amide bonds. The third-order valence-corrected chi connectivity index (χ3v) is 4.20. The Hall–Kier alpha value is -1.33. The summed E-state index contributed by atoms with van der Waals surface area (Å²) >= 11 is 0. The zero-order valence-corrected chi connectivity index (χ0v) is 12.9. The molecule has 0 spiro atoms. The second kappa shape index (κ2) is 7.09. The lowest BCUT2D eigenvalue weighted by Gasteiger charge is -2.21. The summed E-state index contributed by atoms with van der Waals surface area (Å²) in [5.74, 6) is -0.122. The topological polar surface area (TPSA) is 65.2 Å². The number of amides is 1. The van der Waals surface area contributed by atoms with Crippen molar-refractivity contribution in [3.05, 3.63) is 33.2 Å². The van der Waals surface area contributed by atoms with Gasteiger partial charge in [-0.25, -0.2) is 0 Å². The second-order valence-corrected chi connectivity index (χ2v) is 5.62. The molecule has 1 aromatic rings. The molecule has 1 aliphatic heterocycles. The number of halogens is 1. The van der Waals surface area contributed by atoms with Gasteiger partial charge in [0.25, 0.3) is 11.5 Å². The highest BCUT2D eigenvalue weighted by molar-refractivity contribution is 5.94. The molecule has 2 aliphatic rings. The maximum absolute atomic E-state index is 12.5. The Bertz CT molecular complexity index is 563. The van der Waals surface area contributed by atoms with Crippen LogP contribution in [0.2, 0.25) is 0 Å². The second-order valence-electron chi connectivity index (χ2n) is 5.62. The van der Waals surface area contributed by atoms with Crippen LogP contribution in [0.5, 0.6) is 0 Å². The number of nitrogens with one attached hydrogen (secondary N) is 2. The summed E-state index contributed by atoms with van der Waals surface area (Å²) in [6.07, 6.45) is 5.09. The van der Waals surface area contributed by atoms with Crippen LogP contribution in [0, 0.1) is 0 Å². The Labute approximate surface area is 130 Å². The smallest absolute Gasteiger partial charge is 0.261 e. The molecule has 0 radical (unpaired) electrons. The van der Waals surface area contributed by atoms with Crippen molar-refractivity contribution in [2.24, 2.45) is 0 Å². The van der Waals surface area contributed by atoms with Crippen molar-refractivity contribution in [3.8, 4) is 0 Å². The molecule has 116 valence electrons. The van der Waals surface area contributed by atoms with Crippen LogP contribution in [0.15, 0.2) is 10.9 Å². The molecule has 1 fully saturated rings. The highest BCUT2D eigenvalue weighted by Crippen LogP contribution is 2.19. The van der Waals surface area contributed by atoms with Gasteiger partial charge in [0.15, 0.2) is 0 Å². The largest absolute Gasteiger partial charge is 0.337 e. The molecular formula is C15H22ClN3O2. The summed E-state index contributed by atoms with van der Waals surface area (Å²) in [5.41, 5.74) is 2.25. The fourth-order valence-electron chi connectivity index (χ4n) is 3.05. The van der Waals surface area contributed by atoms with E-state index in [1.165, 1.54) is 0 Å². The van der Waals surface area contributed by atoms with E-state index < -0.39 is 0 Å². The van der Waals surface area contributed by atoms with E-state index >= 15 is 0 Å². The Morgan fingerprint density at radius 3 is 2.76 bits per heavy atom. The lowest BCUT2D eigenvalue weighted by Crippen LogP contribution is -2.37. The number of nitrogens with zero attached hydrogens (tertiary/aromatic N) is 1. The normalized spacial score (nSPS) is 18.4. The van der Waals surface area contributed by atoms with E-state index in [2.05, 4.69) is 10.3 Å². The number of pyridine rings is 1. The number of aromatic nitrogens is 1. The van der Waals surface area contributed by atoms with Crippen LogP contribution in [0.25, 0.3) is 0 Å². The summed E-state index contributed by atoms with van der Waals surface area (Å²) in [7, 11) is 0. The fraction of sp³-hybridized carbons (Fsp3) is 0.600. The van der Waals surface area contributed by atoms with Crippen LogP contribution in [0.1, 0.15) is 40.9 Å². The number of carbonyl (C=O) groups excluding carboxylic acids is 1. The van der Waals surface area contributed by atoms with E-state index in [1.807, 2.05) is 6.07 Å². The van der Waals surface area contributed by atoms with Crippen LogP contribution in [-0.4, -0.2) is 42.0 Å². The van der Waals surface area contributed by atoms with Crippen LogP contribution in [0.3, 0.4) is 0 Å². The first-order valence-electron chi connectivity index (χ1n) is 7.51. The van der Waals surface area contributed by atoms with Gasteiger partial charge in [-0.15, -0.1) is 12.4 Å². The standard InChI is InChI=1S/C15H21N3O2.ClH/c19-14-12(10-11-4-1-2-5-13(11)17-14)15(20)18-8-3-6-16-7-9-18;/h10,16H,1-9H2,(H,17,19);1H. The number of aryl methyl sites for hydroxylation is 2. The highest BCUT2D eigenvalue weighted by Gasteiger charge is 2.22. The van der Waals surface area contributed by atoms with Crippen molar-refractivity contribution in [1.82, 2.24) is 15.2 Å². The molecule has 21 heavy (non-hydrogen) atoms. The van der Waals surface area contributed by atoms with E-state index in [-0.39, 0.29) is 23.9 Å². The Kier molecular flexibility index (Phi) is 5.42. The molecule has 1 aliphatic carbocycles. The van der Waals surface area contributed by atoms with E-state index in [9.17, 15) is 9.59 Å². The SMILES string of the molecule is Cl.O=C(c1cc2c([nH]c1=O)CCCC2)N1CCCNCC1. The van der Waals surface area contributed by atoms with Crippen LogP contribution in [0.4, 0.5) is 0 Å². The van der Waals surface area contributed by atoms with E-state index in [1.54, 1.807) is 4.90 Å². The molecule has 0 unspecified atom stereocenters. The molecule has 2 N–H and O–H groups in total. The summed E-state index contributed by atoms with van der Waals surface area (Å²) in [5, 5.41) is 3.27. The first kappa shape index (κ1) is 16.0. The minimum Gasteiger partial charge on any atom is -0.337 e. The fourth-order valence-corrected chi connectivity index (χ4v) is 3.05. The molecule has 1 aromatic heterocycles. The maximum Gasteiger partial charge on any atom is 0.261 e. The molecule has 0 atom stereocenters. The Morgan fingerprint density at radius 2 is 1.90 bits per heavy atom. The number of aromatic amines is 1. The lowest BCUT2D eigenvalue weighted by atomic mass is 9.95. The first-order valence-corrected chi connectivity index (χ1v) is 7.51. The third kappa shape index (κ3) is 3.47. The minimum absolute atomic E-state index is 0. The summed E-state index contributed by atoms with van der Waals surface area (Å²) < 4.78 is 0. The molecule has 0 aromatic carbocycles. The van der Waals surface area contributed by atoms with Crippen LogP contribution < -0.4 is 10.9 Å². The molecule has 5 nitrogen and oxygen atoms in total. The van der Waals surface area contributed by atoms with Crippen molar-refractivity contribution >= 4 is 18.3 Å². The van der Waals surface area contributed by atoms with Crippen molar-refractivity contribution in [2.45, 2.75) is 32.1 Å². The van der Waals surface area contributed by atoms with Gasteiger partial charge in [-0.3, -0.25) is 9.59 Å². The zero-order valence-electron chi connectivity index (χ0n) is 12.1. The van der Waals surface area contributed by atoms with Gasteiger partial charge in [-0.05, 0) is 50.3 Å². The molecule has 6 heteroatoms. The molecule has 0 bridgehead atoms. The van der Waals surface area contributed by atoms with Crippen molar-refractivity contribution < 1.29 is 4.79 Å². The molecule has 3 rings (SSSR count). The van der Waals surface area contributed by atoms with Gasteiger partial charge < -0.3 is 15.2 Å². The van der Waals surface area contributed by atoms with Gasteiger partial charge in [0.2, 0.25) is 0 Å². The first-order chi connectivity index (χ1) is 9.75. The average molecular weight is 312 g/mol. The van der Waals surface area contributed by atoms with Crippen molar-refractivity contribution in [1.29, 1.82) is 0 Å². The number of fused-ring (bicyclic) bond motifs is 1. The highest BCUT2D eigenvalue weighted by atomic mass is 35.5. The van der Waals surface area contributed by atoms with E-state index in [0.29, 0.717) is 12.1 Å². The third-order valence-electron chi connectivity index (χ3n) is 4.20. The number of H-pyrrole nitrogens is 1. The minimum atomic E-state index is -0.229. The van der Waals surface area contributed by atoms with Crippen LogP contribution >= 0.6 is 12.4 Å². The lowest BCUT2D eigenvalue weighted by molar-refractivity contribution is 0.0764.